The Morgan fingerprint density at radius 1 is 0.808 bits per heavy atom. The predicted molar refractivity (Wildman–Crippen MR) is 186 cm³/mol. The Morgan fingerprint density at radius 2 is 1.52 bits per heavy atom. The molecular weight excluding hydrogens is 674 g/mol. The Hall–Kier alpha value is -6.82. The summed E-state index contributed by atoms with van der Waals surface area (Å²) in [7, 11) is 0. The fraction of sp³-hybridized carbons (Fsp3) is 0.100. The molecule has 258 valence electrons. The molecule has 12 heteroatoms. The summed E-state index contributed by atoms with van der Waals surface area (Å²) in [5.74, 6) is -4.63. The lowest BCUT2D eigenvalue weighted by Crippen LogP contribution is -2.43. The third-order valence-electron chi connectivity index (χ3n) is 9.35. The Balaban J connectivity index is 1.10. The zero-order valence-electron chi connectivity index (χ0n) is 26.9. The molecule has 0 saturated heterocycles. The number of pyridine rings is 1. The first-order valence-electron chi connectivity index (χ1n) is 16.1. The van der Waals surface area contributed by atoms with Crippen molar-refractivity contribution in [2.45, 2.75) is 18.4 Å². The first-order valence-corrected chi connectivity index (χ1v) is 16.1. The van der Waals surface area contributed by atoms with Gasteiger partial charge in [-0.1, -0.05) is 54.6 Å². The fourth-order valence-electron chi connectivity index (χ4n) is 6.96. The number of nitrogens with one attached hydrogen (secondary N) is 1. The number of halogens is 2. The molecule has 52 heavy (non-hydrogen) atoms. The molecule has 2 aliphatic carbocycles. The number of fused-ring (bicyclic) bond motifs is 6. The molecule has 1 aromatic heterocycles. The van der Waals surface area contributed by atoms with Gasteiger partial charge in [-0.3, -0.25) is 4.79 Å². The van der Waals surface area contributed by atoms with Crippen LogP contribution in [0.15, 0.2) is 106 Å². The first kappa shape index (κ1) is 32.4. The number of ether oxygens (including phenoxy) is 1. The number of nitrogens with zero attached hydrogens (tertiary/aromatic N) is 1. The largest absolute Gasteiger partial charge is 0.506 e. The van der Waals surface area contributed by atoms with E-state index in [4.69, 9.17) is 9.15 Å². The minimum atomic E-state index is -1.45. The van der Waals surface area contributed by atoms with Crippen LogP contribution in [0.2, 0.25) is 0 Å². The summed E-state index contributed by atoms with van der Waals surface area (Å²) in [6, 6.07) is 24.0. The second-order valence-electron chi connectivity index (χ2n) is 12.5. The maximum absolute atomic E-state index is 14.7. The van der Waals surface area contributed by atoms with E-state index in [0.717, 1.165) is 46.5 Å². The summed E-state index contributed by atoms with van der Waals surface area (Å²) in [4.78, 5) is 41.9. The van der Waals surface area contributed by atoms with Gasteiger partial charge in [-0.25, -0.2) is 23.4 Å². The van der Waals surface area contributed by atoms with Crippen molar-refractivity contribution in [1.82, 2.24) is 10.3 Å². The topological polar surface area (TPSA) is 159 Å². The number of aromatic nitrogens is 1. The number of aliphatic carboxylic acids is 1. The second-order valence-corrected chi connectivity index (χ2v) is 12.5. The van der Waals surface area contributed by atoms with E-state index in [0.29, 0.717) is 10.9 Å². The highest BCUT2D eigenvalue weighted by molar-refractivity contribution is 6.09. The van der Waals surface area contributed by atoms with Crippen molar-refractivity contribution >= 4 is 33.9 Å². The third kappa shape index (κ3) is 5.50. The number of benzene rings is 5. The lowest BCUT2D eigenvalue weighted by molar-refractivity contribution is -0.139. The van der Waals surface area contributed by atoms with Gasteiger partial charge in [0.2, 0.25) is 5.43 Å². The van der Waals surface area contributed by atoms with Gasteiger partial charge in [0.15, 0.2) is 17.4 Å². The normalized spacial score (nSPS) is 12.9. The van der Waals surface area contributed by atoms with E-state index < -0.39 is 40.9 Å². The average Bonchev–Trinajstić information content (AvgIpc) is 3.45. The second kappa shape index (κ2) is 12.5. The predicted octanol–water partition coefficient (Wildman–Crippen LogP) is 7.34. The van der Waals surface area contributed by atoms with E-state index in [2.05, 4.69) is 10.3 Å². The molecule has 0 unspecified atom stereocenters. The molecule has 0 bridgehead atoms. The van der Waals surface area contributed by atoms with Gasteiger partial charge in [0.25, 0.3) is 0 Å². The van der Waals surface area contributed by atoms with Crippen LogP contribution in [-0.4, -0.2) is 45.0 Å². The van der Waals surface area contributed by atoms with Gasteiger partial charge >= 0.3 is 12.1 Å². The highest BCUT2D eigenvalue weighted by atomic mass is 19.1. The van der Waals surface area contributed by atoms with Crippen LogP contribution in [0.4, 0.5) is 13.6 Å². The Bertz CT molecular complexity index is 2590. The molecule has 4 N–H and O–H groups in total. The van der Waals surface area contributed by atoms with Gasteiger partial charge in [-0.2, -0.15) is 0 Å². The monoisotopic (exact) mass is 700 g/mol. The molecule has 1 amide bonds. The minimum Gasteiger partial charge on any atom is -0.506 e. The van der Waals surface area contributed by atoms with Crippen molar-refractivity contribution in [3.05, 3.63) is 136 Å². The van der Waals surface area contributed by atoms with Crippen LogP contribution in [-0.2, 0) is 16.0 Å². The van der Waals surface area contributed by atoms with Gasteiger partial charge in [-0.15, -0.1) is 0 Å². The van der Waals surface area contributed by atoms with Crippen LogP contribution in [0.5, 0.6) is 11.5 Å². The van der Waals surface area contributed by atoms with E-state index in [1.54, 1.807) is 6.07 Å². The number of phenolic OH excluding ortho intramolecular Hbond substituents is 2. The molecular formula is C40H26F2N2O8. The number of phenols is 2. The van der Waals surface area contributed by atoms with E-state index in [1.165, 1.54) is 18.2 Å². The van der Waals surface area contributed by atoms with Crippen LogP contribution in [0.3, 0.4) is 0 Å². The van der Waals surface area contributed by atoms with Crippen LogP contribution >= 0.6 is 0 Å². The maximum atomic E-state index is 14.7. The smallest absolute Gasteiger partial charge is 0.407 e. The molecule has 2 heterocycles. The lowest BCUT2D eigenvalue weighted by atomic mass is 9.91. The van der Waals surface area contributed by atoms with E-state index >= 15 is 0 Å². The molecule has 8 rings (SSSR count). The molecule has 0 spiro atoms. The molecule has 10 nitrogen and oxygen atoms in total. The van der Waals surface area contributed by atoms with Gasteiger partial charge < -0.3 is 29.8 Å². The van der Waals surface area contributed by atoms with Crippen LogP contribution in [0, 0.1) is 11.6 Å². The van der Waals surface area contributed by atoms with Gasteiger partial charge in [0.1, 0.15) is 35.3 Å². The zero-order chi connectivity index (χ0) is 36.3. The van der Waals surface area contributed by atoms with Crippen molar-refractivity contribution in [2.24, 2.45) is 0 Å². The SMILES string of the molecule is O=C(N[C@@H](Cc1ccc2c(-c3c4cc(F)c(=O)cc-4oc4cc(O)c(F)cc34)ccc(O)c2n1)C(=O)O)OCC1c2ccccc2-c2ccccc21. The summed E-state index contributed by atoms with van der Waals surface area (Å²) in [6.45, 7) is -0.0171. The minimum absolute atomic E-state index is 0.00169. The molecule has 0 saturated carbocycles. The Morgan fingerprint density at radius 3 is 2.23 bits per heavy atom. The number of alkyl carbamates (subject to hydrolysis) is 1. The van der Waals surface area contributed by atoms with Crippen molar-refractivity contribution in [2.75, 3.05) is 6.61 Å². The van der Waals surface area contributed by atoms with Gasteiger partial charge in [0, 0.05) is 52.1 Å². The van der Waals surface area contributed by atoms with Crippen LogP contribution in [0.25, 0.3) is 55.4 Å². The molecule has 4 aromatic carbocycles. The van der Waals surface area contributed by atoms with Crippen LogP contribution < -0.4 is 10.7 Å². The van der Waals surface area contributed by atoms with Crippen molar-refractivity contribution < 1.29 is 42.8 Å². The standard InChI is InChI=1S/C40H26F2N2O8/c41-29-14-26-35(16-33(29)46)52-36-17-34(47)30(42)15-27(36)37(26)24-11-12-32(45)38-25(24)10-9-19(43-38)13-31(39(48)49)44-40(50)51-18-28-22-7-3-1-5-20(22)21-6-2-4-8-23(21)28/h1-12,14-17,28,31,45-46H,13,18H2,(H,44,50)(H,48,49)/t31-/m0/s1. The lowest BCUT2D eigenvalue weighted by Gasteiger charge is -2.19. The summed E-state index contributed by atoms with van der Waals surface area (Å²) >= 11 is 0. The van der Waals surface area contributed by atoms with Crippen LogP contribution in [0.1, 0.15) is 22.7 Å². The third-order valence-corrected chi connectivity index (χ3v) is 9.35. The number of rotatable bonds is 7. The van der Waals surface area contributed by atoms with E-state index in [9.17, 15) is 38.5 Å². The molecule has 3 aliphatic rings. The molecule has 1 atom stereocenters. The molecule has 0 fully saturated rings. The summed E-state index contributed by atoms with van der Waals surface area (Å²) < 4.78 is 40.6. The highest BCUT2D eigenvalue weighted by Crippen LogP contribution is 2.46. The van der Waals surface area contributed by atoms with Crippen molar-refractivity contribution in [3.63, 3.8) is 0 Å². The zero-order valence-corrected chi connectivity index (χ0v) is 26.9. The number of carbonyl (C=O) groups excluding carboxylic acids is 1. The molecule has 1 aliphatic heterocycles. The van der Waals surface area contributed by atoms with E-state index in [-0.39, 0.29) is 63.8 Å². The average molecular weight is 701 g/mol. The Kier molecular flexibility index (Phi) is 7.79. The number of carboxylic acids is 1. The number of hydrogen-bond donors (Lipinski definition) is 4. The van der Waals surface area contributed by atoms with Crippen molar-refractivity contribution in [1.29, 1.82) is 0 Å². The molecule has 5 aromatic rings. The summed E-state index contributed by atoms with van der Waals surface area (Å²) in [6.07, 6.45) is -1.21. The molecule has 0 radical (unpaired) electrons. The first-order chi connectivity index (χ1) is 25.1. The highest BCUT2D eigenvalue weighted by Gasteiger charge is 2.30. The number of carbonyl (C=O) groups is 2. The fourth-order valence-corrected chi connectivity index (χ4v) is 6.96. The quantitative estimate of drug-likeness (QED) is 0.125. The van der Waals surface area contributed by atoms with E-state index in [1.807, 2.05) is 48.5 Å². The number of amides is 1. The Labute approximate surface area is 292 Å². The number of aromatic hydroxyl groups is 2. The van der Waals surface area contributed by atoms with Gasteiger partial charge in [0.05, 0.1) is 0 Å². The summed E-state index contributed by atoms with van der Waals surface area (Å²) in [5.41, 5.74) is 4.07. The number of carboxylic acid groups (broad SMARTS) is 1. The maximum Gasteiger partial charge on any atom is 0.407 e. The summed E-state index contributed by atoms with van der Waals surface area (Å²) in [5, 5.41) is 33.8. The van der Waals surface area contributed by atoms with Crippen molar-refractivity contribution in [3.8, 4) is 45.1 Å². The number of hydrogen-bond acceptors (Lipinski definition) is 8. The van der Waals surface area contributed by atoms with Gasteiger partial charge in [-0.05, 0) is 58.1 Å².